The van der Waals surface area contributed by atoms with Crippen molar-refractivity contribution in [2.45, 2.75) is 43.9 Å². The van der Waals surface area contributed by atoms with Crippen LogP contribution in [0.3, 0.4) is 0 Å². The van der Waals surface area contributed by atoms with E-state index < -0.39 is 5.54 Å². The maximum absolute atomic E-state index is 12.4. The molecule has 1 aromatic carbocycles. The number of allylic oxidation sites excluding steroid dienone is 1. The van der Waals surface area contributed by atoms with E-state index in [1.54, 1.807) is 13.0 Å². The van der Waals surface area contributed by atoms with Crippen molar-refractivity contribution >= 4 is 17.7 Å². The molecule has 1 N–H and O–H groups in total. The molecule has 140 valence electrons. The van der Waals surface area contributed by atoms with Gasteiger partial charge in [0, 0.05) is 12.1 Å². The molecule has 1 heterocycles. The summed E-state index contributed by atoms with van der Waals surface area (Å²) >= 11 is 1.32. The number of nitrogens with one attached hydrogen (secondary N) is 1. The first-order valence-electron chi connectivity index (χ1n) is 8.93. The van der Waals surface area contributed by atoms with E-state index in [1.165, 1.54) is 11.8 Å². The van der Waals surface area contributed by atoms with Crippen molar-refractivity contribution in [3.63, 3.8) is 0 Å². The third kappa shape index (κ3) is 4.40. The topological polar surface area (TPSA) is 83.6 Å². The number of nitriles is 1. The Morgan fingerprint density at radius 2 is 2.30 bits per heavy atom. The van der Waals surface area contributed by atoms with Crippen LogP contribution in [0.25, 0.3) is 11.4 Å². The summed E-state index contributed by atoms with van der Waals surface area (Å²) in [6.07, 6.45) is 3.77. The molecule has 0 saturated heterocycles. The molecule has 6 nitrogen and oxygen atoms in total. The van der Waals surface area contributed by atoms with Crippen LogP contribution in [0.15, 0.2) is 42.1 Å². The second-order valence-corrected chi connectivity index (χ2v) is 7.94. The molecule has 1 amide bonds. The molecule has 0 spiro atoms. The van der Waals surface area contributed by atoms with Gasteiger partial charge in [-0.2, -0.15) is 5.26 Å². The molecule has 0 bridgehead atoms. The van der Waals surface area contributed by atoms with E-state index in [-0.39, 0.29) is 17.6 Å². The van der Waals surface area contributed by atoms with Gasteiger partial charge < -0.3 is 5.32 Å². The average molecular weight is 382 g/mol. The van der Waals surface area contributed by atoms with Gasteiger partial charge in [-0.3, -0.25) is 9.36 Å². The molecule has 1 saturated carbocycles. The van der Waals surface area contributed by atoms with Crippen molar-refractivity contribution in [2.75, 3.05) is 5.75 Å². The minimum absolute atomic E-state index is 0.166. The highest BCUT2D eigenvalue weighted by Gasteiger charge is 2.42. The van der Waals surface area contributed by atoms with E-state index >= 15 is 0 Å². The zero-order valence-electron chi connectivity index (χ0n) is 15.6. The number of amides is 1. The van der Waals surface area contributed by atoms with E-state index in [0.717, 1.165) is 29.8 Å². The van der Waals surface area contributed by atoms with Crippen LogP contribution in [0.5, 0.6) is 0 Å². The first-order valence-corrected chi connectivity index (χ1v) is 9.91. The number of rotatable bonds is 8. The Morgan fingerprint density at radius 1 is 1.52 bits per heavy atom. The van der Waals surface area contributed by atoms with Crippen LogP contribution in [-0.2, 0) is 11.3 Å². The summed E-state index contributed by atoms with van der Waals surface area (Å²) in [5, 5.41) is 21.5. The lowest BCUT2D eigenvalue weighted by Gasteiger charge is -2.22. The monoisotopic (exact) mass is 381 g/mol. The second-order valence-electron chi connectivity index (χ2n) is 7.00. The number of hydrogen-bond donors (Lipinski definition) is 1. The Morgan fingerprint density at radius 3 is 2.93 bits per heavy atom. The van der Waals surface area contributed by atoms with Crippen LogP contribution in [-0.4, -0.2) is 32.0 Å². The van der Waals surface area contributed by atoms with Crippen LogP contribution in [0.1, 0.15) is 25.3 Å². The lowest BCUT2D eigenvalue weighted by molar-refractivity contribution is -0.119. The van der Waals surface area contributed by atoms with Crippen molar-refractivity contribution in [3.8, 4) is 17.5 Å². The number of nitrogens with zero attached hydrogens (tertiary/aromatic N) is 4. The fourth-order valence-corrected chi connectivity index (χ4v) is 3.77. The molecule has 1 aromatic heterocycles. The minimum Gasteiger partial charge on any atom is -0.337 e. The normalized spacial score (nSPS) is 15.6. The summed E-state index contributed by atoms with van der Waals surface area (Å²) < 4.78 is 1.95. The van der Waals surface area contributed by atoms with E-state index in [4.69, 9.17) is 0 Å². The standard InChI is InChI=1S/C20H23N5OS/c1-4-10-25-18(15-7-5-6-14(2)11-15)23-24-19(25)27-12-17(26)22-20(3,13-21)16-8-9-16/h4-7,11,16H,1,8-10,12H2,2-3H3,(H,22,26). The Balaban J connectivity index is 1.72. The van der Waals surface area contributed by atoms with Gasteiger partial charge in [0.05, 0.1) is 11.8 Å². The summed E-state index contributed by atoms with van der Waals surface area (Å²) in [6.45, 7) is 8.19. The summed E-state index contributed by atoms with van der Waals surface area (Å²) in [4.78, 5) is 12.4. The lowest BCUT2D eigenvalue weighted by atomic mass is 9.98. The Bertz CT molecular complexity index is 896. The minimum atomic E-state index is -0.779. The van der Waals surface area contributed by atoms with Crippen LogP contribution < -0.4 is 5.32 Å². The molecule has 1 unspecified atom stereocenters. The Hall–Kier alpha value is -2.59. The van der Waals surface area contributed by atoms with Gasteiger partial charge in [0.25, 0.3) is 0 Å². The van der Waals surface area contributed by atoms with Crippen molar-refractivity contribution in [1.29, 1.82) is 5.26 Å². The lowest BCUT2D eigenvalue weighted by Crippen LogP contribution is -2.47. The van der Waals surface area contributed by atoms with Crippen LogP contribution >= 0.6 is 11.8 Å². The molecule has 3 rings (SSSR count). The highest BCUT2D eigenvalue weighted by molar-refractivity contribution is 7.99. The molecule has 1 atom stereocenters. The molecule has 1 aliphatic rings. The molecular formula is C20H23N5OS. The van der Waals surface area contributed by atoms with E-state index in [9.17, 15) is 10.1 Å². The molecule has 1 aliphatic carbocycles. The van der Waals surface area contributed by atoms with E-state index in [1.807, 2.05) is 29.7 Å². The van der Waals surface area contributed by atoms with E-state index in [2.05, 4.69) is 34.2 Å². The van der Waals surface area contributed by atoms with Crippen molar-refractivity contribution in [1.82, 2.24) is 20.1 Å². The molecule has 1 fully saturated rings. The molecule has 0 radical (unpaired) electrons. The number of thioether (sulfide) groups is 1. The zero-order valence-corrected chi connectivity index (χ0v) is 16.4. The highest BCUT2D eigenvalue weighted by Crippen LogP contribution is 2.39. The Labute approximate surface area is 163 Å². The number of aromatic nitrogens is 3. The van der Waals surface area contributed by atoms with Gasteiger partial charge in [-0.15, -0.1) is 16.8 Å². The largest absolute Gasteiger partial charge is 0.337 e. The number of aryl methyl sites for hydroxylation is 1. The maximum Gasteiger partial charge on any atom is 0.231 e. The summed E-state index contributed by atoms with van der Waals surface area (Å²) in [6, 6.07) is 10.3. The van der Waals surface area contributed by atoms with Gasteiger partial charge in [-0.1, -0.05) is 41.6 Å². The van der Waals surface area contributed by atoms with Gasteiger partial charge in [-0.25, -0.2) is 0 Å². The smallest absolute Gasteiger partial charge is 0.231 e. The average Bonchev–Trinajstić information content (AvgIpc) is 3.43. The third-order valence-electron chi connectivity index (χ3n) is 4.66. The summed E-state index contributed by atoms with van der Waals surface area (Å²) in [7, 11) is 0. The van der Waals surface area contributed by atoms with Crippen LogP contribution in [0.2, 0.25) is 0 Å². The third-order valence-corrected chi connectivity index (χ3v) is 5.63. The van der Waals surface area contributed by atoms with Crippen molar-refractivity contribution < 1.29 is 4.79 Å². The summed E-state index contributed by atoms with van der Waals surface area (Å²) in [5.41, 5.74) is 1.34. The second kappa shape index (κ2) is 7.97. The van der Waals surface area contributed by atoms with Crippen LogP contribution in [0, 0.1) is 24.2 Å². The first kappa shape index (κ1) is 19.2. The van der Waals surface area contributed by atoms with Gasteiger partial charge >= 0.3 is 0 Å². The van der Waals surface area contributed by atoms with Crippen LogP contribution in [0.4, 0.5) is 0 Å². The first-order chi connectivity index (χ1) is 13.0. The zero-order chi connectivity index (χ0) is 19.4. The SMILES string of the molecule is C=CCn1c(SCC(=O)NC(C)(C#N)C2CC2)nnc1-c1cccc(C)c1. The fourth-order valence-electron chi connectivity index (χ4n) is 3.02. The molecule has 2 aromatic rings. The van der Waals surface area contributed by atoms with Gasteiger partial charge in [-0.05, 0) is 38.7 Å². The summed E-state index contributed by atoms with van der Waals surface area (Å²) in [5.74, 6) is 1.03. The van der Waals surface area contributed by atoms with E-state index in [0.29, 0.717) is 11.7 Å². The molecule has 0 aliphatic heterocycles. The fraction of sp³-hybridized carbons (Fsp3) is 0.400. The van der Waals surface area contributed by atoms with Gasteiger partial charge in [0.1, 0.15) is 5.54 Å². The predicted octanol–water partition coefficient (Wildman–Crippen LogP) is 3.34. The molecule has 27 heavy (non-hydrogen) atoms. The number of carbonyl (C=O) groups excluding carboxylic acids is 1. The van der Waals surface area contributed by atoms with Crippen molar-refractivity contribution in [3.05, 3.63) is 42.5 Å². The number of carbonyl (C=O) groups is 1. The highest BCUT2D eigenvalue weighted by atomic mass is 32.2. The van der Waals surface area contributed by atoms with Crippen molar-refractivity contribution in [2.24, 2.45) is 5.92 Å². The molecular weight excluding hydrogens is 358 g/mol. The quantitative estimate of drug-likeness (QED) is 0.560. The van der Waals surface area contributed by atoms with Gasteiger partial charge in [0.2, 0.25) is 5.91 Å². The number of benzene rings is 1. The maximum atomic E-state index is 12.4. The Kier molecular flexibility index (Phi) is 5.66. The molecule has 7 heteroatoms. The number of hydrogen-bond acceptors (Lipinski definition) is 5. The predicted molar refractivity (Wildman–Crippen MR) is 106 cm³/mol. The van der Waals surface area contributed by atoms with Gasteiger partial charge in [0.15, 0.2) is 11.0 Å².